The van der Waals surface area contributed by atoms with Crippen LogP contribution in [0, 0.1) is 5.82 Å². The van der Waals surface area contributed by atoms with E-state index in [9.17, 15) is 14.0 Å². The van der Waals surface area contributed by atoms with Gasteiger partial charge in [0.25, 0.3) is 5.56 Å². The predicted octanol–water partition coefficient (Wildman–Crippen LogP) is 2.29. The smallest absolute Gasteiger partial charge is 0.251 e. The van der Waals surface area contributed by atoms with Gasteiger partial charge >= 0.3 is 0 Å². The maximum Gasteiger partial charge on any atom is 0.251 e. The Hall–Kier alpha value is -2.75. The Bertz CT molecular complexity index is 1290. The number of carbonyl (C=O) groups is 1. The Morgan fingerprint density at radius 2 is 1.94 bits per heavy atom. The van der Waals surface area contributed by atoms with E-state index in [2.05, 4.69) is 25.2 Å². The van der Waals surface area contributed by atoms with Crippen LogP contribution in [0.2, 0.25) is 5.15 Å². The summed E-state index contributed by atoms with van der Waals surface area (Å²) < 4.78 is 15.3. The first-order chi connectivity index (χ1) is 16.5. The summed E-state index contributed by atoms with van der Waals surface area (Å²) in [5.41, 5.74) is 2.65. The normalized spacial score (nSPS) is 17.3. The SMILES string of the molecule is O=C1CCc2c(Cl)nc(CNC3CCN(CCn4c(=O)ccc5ncc(F)cc54)CC3)nc2C1. The zero-order valence-corrected chi connectivity index (χ0v) is 19.5. The third-order valence-electron chi connectivity index (χ3n) is 6.69. The zero-order chi connectivity index (χ0) is 23.7. The molecule has 2 aliphatic rings. The lowest BCUT2D eigenvalue weighted by Crippen LogP contribution is -2.43. The number of halogens is 2. The first-order valence-electron chi connectivity index (χ1n) is 11.6. The lowest BCUT2D eigenvalue weighted by molar-refractivity contribution is -0.118. The first kappa shape index (κ1) is 23.0. The highest BCUT2D eigenvalue weighted by Gasteiger charge is 2.23. The second-order valence-electron chi connectivity index (χ2n) is 8.95. The standard InChI is InChI=1S/C24H26ClFN6O2/c25-24-18-2-1-17(33)12-20(18)29-22(30-24)14-27-16-5-7-31(8-6-16)9-10-32-21-11-15(26)13-28-19(21)3-4-23(32)34/h3-4,11,13,16,27H,1-2,5-10,12,14H2. The van der Waals surface area contributed by atoms with Crippen molar-refractivity contribution >= 4 is 28.4 Å². The quantitative estimate of drug-likeness (QED) is 0.536. The molecule has 0 unspecified atom stereocenters. The van der Waals surface area contributed by atoms with Gasteiger partial charge in [-0.3, -0.25) is 14.6 Å². The molecule has 8 nitrogen and oxygen atoms in total. The third-order valence-corrected chi connectivity index (χ3v) is 7.00. The van der Waals surface area contributed by atoms with Gasteiger partial charge in [-0.2, -0.15) is 0 Å². The summed E-state index contributed by atoms with van der Waals surface area (Å²) in [6.45, 7) is 3.49. The molecular formula is C24H26ClFN6O2. The molecule has 0 atom stereocenters. The molecule has 3 aromatic heterocycles. The van der Waals surface area contributed by atoms with Gasteiger partial charge < -0.3 is 14.8 Å². The van der Waals surface area contributed by atoms with Crippen molar-refractivity contribution in [1.29, 1.82) is 0 Å². The molecule has 0 saturated carbocycles. The van der Waals surface area contributed by atoms with Crippen LogP contribution in [0.3, 0.4) is 0 Å². The summed E-state index contributed by atoms with van der Waals surface area (Å²) >= 11 is 6.33. The van der Waals surface area contributed by atoms with Gasteiger partial charge in [0, 0.05) is 49.7 Å². The summed E-state index contributed by atoms with van der Waals surface area (Å²) in [6, 6.07) is 4.80. The van der Waals surface area contributed by atoms with Crippen LogP contribution in [-0.4, -0.2) is 55.9 Å². The zero-order valence-electron chi connectivity index (χ0n) is 18.8. The molecule has 178 valence electrons. The van der Waals surface area contributed by atoms with Gasteiger partial charge in [0.2, 0.25) is 0 Å². The maximum absolute atomic E-state index is 13.7. The molecule has 5 rings (SSSR count). The summed E-state index contributed by atoms with van der Waals surface area (Å²) in [7, 11) is 0. The largest absolute Gasteiger partial charge is 0.307 e. The molecule has 0 spiro atoms. The molecule has 1 fully saturated rings. The second-order valence-corrected chi connectivity index (χ2v) is 9.31. The van der Waals surface area contributed by atoms with E-state index in [0.717, 1.165) is 43.4 Å². The van der Waals surface area contributed by atoms with Gasteiger partial charge in [-0.15, -0.1) is 0 Å². The fourth-order valence-corrected chi connectivity index (χ4v) is 5.07. The molecule has 0 bridgehead atoms. The van der Waals surface area contributed by atoms with Crippen LogP contribution in [0.5, 0.6) is 0 Å². The van der Waals surface area contributed by atoms with Crippen molar-refractivity contribution in [2.75, 3.05) is 19.6 Å². The maximum atomic E-state index is 13.7. The van der Waals surface area contributed by atoms with E-state index in [1.165, 1.54) is 12.1 Å². The predicted molar refractivity (Wildman–Crippen MR) is 126 cm³/mol. The van der Waals surface area contributed by atoms with Crippen molar-refractivity contribution in [3.8, 4) is 0 Å². The molecule has 10 heteroatoms. The van der Waals surface area contributed by atoms with E-state index in [1.807, 2.05) is 0 Å². The summed E-state index contributed by atoms with van der Waals surface area (Å²) in [4.78, 5) is 39.5. The number of carbonyl (C=O) groups excluding carboxylic acids is 1. The number of nitrogens with zero attached hydrogens (tertiary/aromatic N) is 5. The van der Waals surface area contributed by atoms with Crippen LogP contribution in [0.15, 0.2) is 29.2 Å². The molecule has 1 aliphatic heterocycles. The molecule has 0 amide bonds. The summed E-state index contributed by atoms with van der Waals surface area (Å²) in [5, 5.41) is 3.98. The van der Waals surface area contributed by atoms with Crippen LogP contribution in [0.25, 0.3) is 11.0 Å². The molecule has 1 N–H and O–H groups in total. The molecule has 1 aliphatic carbocycles. The van der Waals surface area contributed by atoms with Crippen molar-refractivity contribution in [1.82, 2.24) is 29.7 Å². The Balaban J connectivity index is 1.14. The van der Waals surface area contributed by atoms with Crippen molar-refractivity contribution in [3.63, 3.8) is 0 Å². The van der Waals surface area contributed by atoms with Crippen molar-refractivity contribution in [3.05, 3.63) is 62.8 Å². The summed E-state index contributed by atoms with van der Waals surface area (Å²) in [5.74, 6) is 0.368. The highest BCUT2D eigenvalue weighted by Crippen LogP contribution is 2.24. The number of pyridine rings is 2. The first-order valence-corrected chi connectivity index (χ1v) is 12.0. The van der Waals surface area contributed by atoms with Crippen molar-refractivity contribution in [2.24, 2.45) is 0 Å². The highest BCUT2D eigenvalue weighted by atomic mass is 35.5. The number of likely N-dealkylation sites (tertiary alicyclic amines) is 1. The van der Waals surface area contributed by atoms with Crippen molar-refractivity contribution < 1.29 is 9.18 Å². The van der Waals surface area contributed by atoms with Crippen LogP contribution in [0.1, 0.15) is 36.3 Å². The lowest BCUT2D eigenvalue weighted by atomic mass is 9.96. The van der Waals surface area contributed by atoms with Crippen LogP contribution >= 0.6 is 11.6 Å². The molecule has 0 radical (unpaired) electrons. The monoisotopic (exact) mass is 484 g/mol. The van der Waals surface area contributed by atoms with E-state index < -0.39 is 5.82 Å². The van der Waals surface area contributed by atoms with Crippen molar-refractivity contribution in [2.45, 2.75) is 51.2 Å². The Labute approximate surface area is 201 Å². The minimum atomic E-state index is -0.450. The number of piperidine rings is 1. The van der Waals surface area contributed by atoms with Gasteiger partial charge in [-0.05, 0) is 38.4 Å². The van der Waals surface area contributed by atoms with Crippen LogP contribution in [-0.2, 0) is 30.7 Å². The number of hydrogen-bond acceptors (Lipinski definition) is 7. The minimum Gasteiger partial charge on any atom is -0.307 e. The van der Waals surface area contributed by atoms with Gasteiger partial charge in [0.05, 0.1) is 29.5 Å². The van der Waals surface area contributed by atoms with Crippen LogP contribution in [0.4, 0.5) is 4.39 Å². The van der Waals surface area contributed by atoms with Gasteiger partial charge in [-0.25, -0.2) is 14.4 Å². The Morgan fingerprint density at radius 1 is 1.12 bits per heavy atom. The molecule has 0 aromatic carbocycles. The van der Waals surface area contributed by atoms with Gasteiger partial charge in [0.15, 0.2) is 0 Å². The van der Waals surface area contributed by atoms with Gasteiger partial charge in [0.1, 0.15) is 22.6 Å². The molecule has 1 saturated heterocycles. The molecule has 4 heterocycles. The highest BCUT2D eigenvalue weighted by molar-refractivity contribution is 6.30. The third kappa shape index (κ3) is 5.01. The number of hydrogen-bond donors (Lipinski definition) is 1. The summed E-state index contributed by atoms with van der Waals surface area (Å²) in [6.07, 6.45) is 4.54. The number of aromatic nitrogens is 4. The van der Waals surface area contributed by atoms with Crippen LogP contribution < -0.4 is 10.9 Å². The average molecular weight is 485 g/mol. The Kier molecular flexibility index (Phi) is 6.67. The number of Topliss-reactive ketones (excluding diaryl/α,β-unsaturated/α-hetero) is 1. The van der Waals surface area contributed by atoms with E-state index in [1.54, 1.807) is 10.6 Å². The average Bonchev–Trinajstić information content (AvgIpc) is 2.82. The topological polar surface area (TPSA) is 93.0 Å². The van der Waals surface area contributed by atoms with E-state index in [0.29, 0.717) is 66.9 Å². The van der Waals surface area contributed by atoms with Gasteiger partial charge in [-0.1, -0.05) is 11.6 Å². The Morgan fingerprint density at radius 3 is 2.76 bits per heavy atom. The minimum absolute atomic E-state index is 0.151. The fourth-order valence-electron chi connectivity index (χ4n) is 4.77. The number of ketones is 1. The lowest BCUT2D eigenvalue weighted by Gasteiger charge is -2.32. The van der Waals surface area contributed by atoms with E-state index in [4.69, 9.17) is 11.6 Å². The number of fused-ring (bicyclic) bond motifs is 2. The number of nitrogens with one attached hydrogen (secondary N) is 1. The second kappa shape index (κ2) is 9.85. The molecular weight excluding hydrogens is 459 g/mol. The number of rotatable bonds is 6. The van der Waals surface area contributed by atoms with E-state index in [-0.39, 0.29) is 11.3 Å². The molecule has 3 aromatic rings. The van der Waals surface area contributed by atoms with E-state index >= 15 is 0 Å². The molecule has 34 heavy (non-hydrogen) atoms. The fraction of sp³-hybridized carbons (Fsp3) is 0.458.